The molecule has 1 aromatic heterocycles. The average molecular weight is 341 g/mol. The van der Waals surface area contributed by atoms with Crippen molar-refractivity contribution in [2.75, 3.05) is 5.32 Å². The minimum absolute atomic E-state index is 0.0282. The average Bonchev–Trinajstić information content (AvgIpc) is 2.48. The molecule has 0 bridgehead atoms. The molecule has 6 heteroatoms. The molecule has 3 rings (SSSR count). The highest BCUT2D eigenvalue weighted by atomic mass is 16.1. The van der Waals surface area contributed by atoms with Gasteiger partial charge in [-0.15, -0.1) is 10.2 Å². The van der Waals surface area contributed by atoms with Crippen LogP contribution in [0.1, 0.15) is 51.8 Å². The Bertz CT molecular complexity index is 766. The second-order valence-corrected chi connectivity index (χ2v) is 8.25. The van der Waals surface area contributed by atoms with Crippen molar-refractivity contribution in [2.45, 2.75) is 64.1 Å². The van der Waals surface area contributed by atoms with E-state index in [9.17, 15) is 4.79 Å². The van der Waals surface area contributed by atoms with Gasteiger partial charge in [-0.25, -0.2) is 0 Å². The third-order valence-electron chi connectivity index (χ3n) is 4.51. The Hall–Kier alpha value is -2.21. The number of aromatic amines is 1. The van der Waals surface area contributed by atoms with E-state index < -0.39 is 0 Å². The van der Waals surface area contributed by atoms with E-state index in [-0.39, 0.29) is 22.7 Å². The maximum absolute atomic E-state index is 12.3. The van der Waals surface area contributed by atoms with Crippen molar-refractivity contribution >= 4 is 5.95 Å². The van der Waals surface area contributed by atoms with Crippen molar-refractivity contribution in [3.63, 3.8) is 0 Å². The Balaban J connectivity index is 1.72. The van der Waals surface area contributed by atoms with Gasteiger partial charge in [0.25, 0.3) is 5.56 Å². The first-order valence-electron chi connectivity index (χ1n) is 8.78. The molecule has 0 aliphatic carbocycles. The predicted molar refractivity (Wildman–Crippen MR) is 99.8 cm³/mol. The van der Waals surface area contributed by atoms with Gasteiger partial charge in [-0.05, 0) is 46.1 Å². The zero-order valence-electron chi connectivity index (χ0n) is 15.4. The fraction of sp³-hybridized carbons (Fsp3) is 0.526. The van der Waals surface area contributed by atoms with Crippen LogP contribution in [-0.2, 0) is 6.42 Å². The molecule has 0 spiro atoms. The molecule has 0 saturated carbocycles. The summed E-state index contributed by atoms with van der Waals surface area (Å²) >= 11 is 0. The second kappa shape index (κ2) is 6.59. The summed E-state index contributed by atoms with van der Waals surface area (Å²) in [5.41, 5.74) is 1.35. The minimum Gasteiger partial charge on any atom is -0.352 e. The van der Waals surface area contributed by atoms with Crippen LogP contribution in [0.25, 0.3) is 0 Å². The first kappa shape index (κ1) is 17.6. The van der Waals surface area contributed by atoms with Gasteiger partial charge in [-0.3, -0.25) is 9.78 Å². The lowest BCUT2D eigenvalue weighted by Crippen LogP contribution is -2.60. The number of nitrogens with one attached hydrogen (secondary N) is 3. The van der Waals surface area contributed by atoms with Gasteiger partial charge in [0.05, 0.1) is 0 Å². The molecule has 1 fully saturated rings. The highest BCUT2D eigenvalue weighted by Gasteiger charge is 2.37. The SMILES string of the molecule is CC1(C)CC(Nc2nnc(Cc3ccccc3)c(=O)[nH]2)CC(C)(C)N1. The lowest BCUT2D eigenvalue weighted by Gasteiger charge is -2.46. The largest absolute Gasteiger partial charge is 0.352 e. The molecule has 25 heavy (non-hydrogen) atoms. The van der Waals surface area contributed by atoms with Crippen molar-refractivity contribution in [1.29, 1.82) is 0 Å². The zero-order chi connectivity index (χ0) is 18.1. The van der Waals surface area contributed by atoms with Crippen LogP contribution >= 0.6 is 0 Å². The third-order valence-corrected chi connectivity index (χ3v) is 4.51. The standard InChI is InChI=1S/C19H27N5O/c1-18(2)11-14(12-19(3,4)24-18)20-17-21-16(25)15(22-23-17)10-13-8-6-5-7-9-13/h5-9,14,24H,10-12H2,1-4H3,(H2,20,21,23,25). The van der Waals surface area contributed by atoms with E-state index in [1.807, 2.05) is 30.3 Å². The Morgan fingerprint density at radius 1 is 1.08 bits per heavy atom. The highest BCUT2D eigenvalue weighted by Crippen LogP contribution is 2.29. The summed E-state index contributed by atoms with van der Waals surface area (Å²) in [6.07, 6.45) is 2.38. The van der Waals surface area contributed by atoms with Gasteiger partial charge < -0.3 is 10.6 Å². The van der Waals surface area contributed by atoms with Crippen molar-refractivity contribution in [3.8, 4) is 0 Å². The van der Waals surface area contributed by atoms with E-state index in [0.29, 0.717) is 18.1 Å². The topological polar surface area (TPSA) is 82.7 Å². The fourth-order valence-electron chi connectivity index (χ4n) is 3.95. The lowest BCUT2D eigenvalue weighted by molar-refractivity contribution is 0.170. The number of aromatic nitrogens is 3. The van der Waals surface area contributed by atoms with Crippen LogP contribution in [0.15, 0.2) is 35.1 Å². The molecule has 0 radical (unpaired) electrons. The number of hydrogen-bond donors (Lipinski definition) is 3. The lowest BCUT2D eigenvalue weighted by atomic mass is 9.80. The van der Waals surface area contributed by atoms with Crippen molar-refractivity contribution in [2.24, 2.45) is 0 Å². The van der Waals surface area contributed by atoms with Gasteiger partial charge in [0.2, 0.25) is 5.95 Å². The van der Waals surface area contributed by atoms with E-state index in [2.05, 4.69) is 53.5 Å². The zero-order valence-corrected chi connectivity index (χ0v) is 15.4. The molecular weight excluding hydrogens is 314 g/mol. The summed E-state index contributed by atoms with van der Waals surface area (Å²) in [5, 5.41) is 15.3. The normalized spacial score (nSPS) is 19.5. The van der Waals surface area contributed by atoms with E-state index >= 15 is 0 Å². The summed E-state index contributed by atoms with van der Waals surface area (Å²) in [5.74, 6) is 0.445. The van der Waals surface area contributed by atoms with Gasteiger partial charge in [0, 0.05) is 23.5 Å². The van der Waals surface area contributed by atoms with Crippen molar-refractivity contribution in [3.05, 3.63) is 51.9 Å². The third kappa shape index (κ3) is 4.66. The predicted octanol–water partition coefficient (Wildman–Crippen LogP) is 2.48. The quantitative estimate of drug-likeness (QED) is 0.796. The number of H-pyrrole nitrogens is 1. The van der Waals surface area contributed by atoms with Gasteiger partial charge in [0.1, 0.15) is 5.69 Å². The van der Waals surface area contributed by atoms with E-state index in [0.717, 1.165) is 18.4 Å². The van der Waals surface area contributed by atoms with Gasteiger partial charge in [0.15, 0.2) is 0 Å². The van der Waals surface area contributed by atoms with Crippen LogP contribution in [0.3, 0.4) is 0 Å². The molecule has 134 valence electrons. The van der Waals surface area contributed by atoms with E-state index in [1.165, 1.54) is 0 Å². The maximum atomic E-state index is 12.3. The number of rotatable bonds is 4. The number of anilines is 1. The number of nitrogens with zero attached hydrogens (tertiary/aromatic N) is 2. The van der Waals surface area contributed by atoms with Crippen LogP contribution < -0.4 is 16.2 Å². The first-order valence-corrected chi connectivity index (χ1v) is 8.78. The molecule has 2 aromatic rings. The monoisotopic (exact) mass is 341 g/mol. The summed E-state index contributed by atoms with van der Waals surface area (Å²) in [6, 6.07) is 10.0. The summed E-state index contributed by atoms with van der Waals surface area (Å²) in [7, 11) is 0. The van der Waals surface area contributed by atoms with E-state index in [4.69, 9.17) is 0 Å². The van der Waals surface area contributed by atoms with Crippen molar-refractivity contribution in [1.82, 2.24) is 20.5 Å². The van der Waals surface area contributed by atoms with Crippen LogP contribution in [0.4, 0.5) is 5.95 Å². The van der Waals surface area contributed by atoms with Crippen LogP contribution in [0.2, 0.25) is 0 Å². The maximum Gasteiger partial charge on any atom is 0.274 e. The second-order valence-electron chi connectivity index (χ2n) is 8.25. The molecule has 3 N–H and O–H groups in total. The van der Waals surface area contributed by atoms with Gasteiger partial charge in [-0.1, -0.05) is 30.3 Å². The Labute approximate surface area is 148 Å². The molecule has 1 aliphatic rings. The Kier molecular flexibility index (Phi) is 4.64. The Morgan fingerprint density at radius 3 is 2.32 bits per heavy atom. The molecule has 1 aromatic carbocycles. The van der Waals surface area contributed by atoms with E-state index in [1.54, 1.807) is 0 Å². The van der Waals surface area contributed by atoms with Crippen LogP contribution in [-0.4, -0.2) is 32.3 Å². The molecule has 2 heterocycles. The number of hydrogen-bond acceptors (Lipinski definition) is 5. The van der Waals surface area contributed by atoms with Gasteiger partial charge in [-0.2, -0.15) is 0 Å². The number of benzene rings is 1. The highest BCUT2D eigenvalue weighted by molar-refractivity contribution is 5.27. The summed E-state index contributed by atoms with van der Waals surface area (Å²) in [4.78, 5) is 15.2. The number of piperidine rings is 1. The Morgan fingerprint density at radius 2 is 1.72 bits per heavy atom. The van der Waals surface area contributed by atoms with Crippen LogP contribution in [0, 0.1) is 0 Å². The molecule has 1 saturated heterocycles. The molecule has 0 atom stereocenters. The van der Waals surface area contributed by atoms with Crippen molar-refractivity contribution < 1.29 is 0 Å². The first-order chi connectivity index (χ1) is 11.7. The smallest absolute Gasteiger partial charge is 0.274 e. The molecular formula is C19H27N5O. The summed E-state index contributed by atoms with van der Waals surface area (Å²) < 4.78 is 0. The van der Waals surface area contributed by atoms with Crippen LogP contribution in [0.5, 0.6) is 0 Å². The molecule has 0 amide bonds. The molecule has 0 unspecified atom stereocenters. The minimum atomic E-state index is -0.186. The molecule has 1 aliphatic heterocycles. The fourth-order valence-corrected chi connectivity index (χ4v) is 3.95. The summed E-state index contributed by atoms with van der Waals surface area (Å²) in [6.45, 7) is 8.78. The molecule has 6 nitrogen and oxygen atoms in total. The van der Waals surface area contributed by atoms with Gasteiger partial charge >= 0.3 is 0 Å².